The fourth-order valence-corrected chi connectivity index (χ4v) is 5.12. The molecule has 3 rings (SSSR count). The third-order valence-corrected chi connectivity index (χ3v) is 7.30. The molecular formula is C27H31N3O5S. The summed E-state index contributed by atoms with van der Waals surface area (Å²) >= 11 is 1.08. The van der Waals surface area contributed by atoms with Crippen molar-refractivity contribution in [1.82, 2.24) is 0 Å². The van der Waals surface area contributed by atoms with Crippen molar-refractivity contribution in [3.63, 3.8) is 0 Å². The molecule has 36 heavy (non-hydrogen) atoms. The number of amides is 2. The molecule has 0 spiro atoms. The van der Waals surface area contributed by atoms with Crippen molar-refractivity contribution in [3.8, 4) is 16.2 Å². The van der Waals surface area contributed by atoms with E-state index in [9.17, 15) is 19.5 Å². The van der Waals surface area contributed by atoms with Crippen LogP contribution in [-0.2, 0) is 4.79 Å². The second kappa shape index (κ2) is 10.5. The van der Waals surface area contributed by atoms with Crippen LogP contribution in [0.2, 0.25) is 0 Å². The number of carboxylic acids is 1. The first kappa shape index (κ1) is 26.9. The molecule has 0 saturated heterocycles. The number of aryl methyl sites for hydroxylation is 3. The van der Waals surface area contributed by atoms with Crippen molar-refractivity contribution < 1.29 is 24.2 Å². The van der Waals surface area contributed by atoms with E-state index in [0.717, 1.165) is 33.6 Å². The molecule has 8 nitrogen and oxygen atoms in total. The molecule has 1 atom stereocenters. The fraction of sp³-hybridized carbons (Fsp3) is 0.296. The molecule has 190 valence electrons. The molecule has 2 amide bonds. The first-order valence-electron chi connectivity index (χ1n) is 11.4. The molecule has 5 N–H and O–H groups in total. The summed E-state index contributed by atoms with van der Waals surface area (Å²) in [5, 5.41) is 15.4. The summed E-state index contributed by atoms with van der Waals surface area (Å²) < 4.78 is 5.21. The lowest BCUT2D eigenvalue weighted by Crippen LogP contribution is -2.58. The lowest BCUT2D eigenvalue weighted by molar-refractivity contribution is -0.142. The number of benzene rings is 2. The SMILES string of the molecule is COc1ccc(-c2cc(NC(=O)Nc3c(C)cc(C)cc3C)c(C(=O)[C@](N)(C(=O)O)C(C)C)s2)cc1. The largest absolute Gasteiger partial charge is 0.497 e. The smallest absolute Gasteiger partial charge is 0.332 e. The Morgan fingerprint density at radius 3 is 2.08 bits per heavy atom. The average Bonchev–Trinajstić information content (AvgIpc) is 3.23. The van der Waals surface area contributed by atoms with E-state index in [4.69, 9.17) is 10.5 Å². The molecule has 1 heterocycles. The first-order valence-corrected chi connectivity index (χ1v) is 12.2. The van der Waals surface area contributed by atoms with Gasteiger partial charge >= 0.3 is 12.0 Å². The number of thiophene rings is 1. The average molecular weight is 510 g/mol. The maximum atomic E-state index is 13.5. The zero-order valence-corrected chi connectivity index (χ0v) is 22.0. The Hall–Kier alpha value is -3.69. The van der Waals surface area contributed by atoms with E-state index in [0.29, 0.717) is 16.3 Å². The second-order valence-electron chi connectivity index (χ2n) is 9.09. The number of aliphatic carboxylic acids is 1. The third-order valence-electron chi connectivity index (χ3n) is 6.12. The molecule has 0 aliphatic rings. The summed E-state index contributed by atoms with van der Waals surface area (Å²) in [6.07, 6.45) is 0. The highest BCUT2D eigenvalue weighted by molar-refractivity contribution is 7.18. The Labute approximate surface area is 214 Å². The Morgan fingerprint density at radius 1 is 1.00 bits per heavy atom. The molecular weight excluding hydrogens is 478 g/mol. The van der Waals surface area contributed by atoms with Crippen molar-refractivity contribution >= 4 is 40.5 Å². The lowest BCUT2D eigenvalue weighted by Gasteiger charge is -2.27. The number of nitrogens with two attached hydrogens (primary N) is 1. The number of nitrogens with one attached hydrogen (secondary N) is 2. The topological polar surface area (TPSA) is 131 Å². The van der Waals surface area contributed by atoms with Gasteiger partial charge in [0.1, 0.15) is 5.75 Å². The van der Waals surface area contributed by atoms with Gasteiger partial charge < -0.3 is 26.2 Å². The summed E-state index contributed by atoms with van der Waals surface area (Å²) in [6, 6.07) is 12.2. The normalized spacial score (nSPS) is 12.7. The third kappa shape index (κ3) is 5.27. The minimum absolute atomic E-state index is 0.0620. The Morgan fingerprint density at radius 2 is 1.58 bits per heavy atom. The van der Waals surface area contributed by atoms with E-state index in [1.165, 1.54) is 0 Å². The van der Waals surface area contributed by atoms with Crippen LogP contribution in [0.5, 0.6) is 5.75 Å². The monoisotopic (exact) mass is 509 g/mol. The van der Waals surface area contributed by atoms with Crippen molar-refractivity contribution in [2.24, 2.45) is 11.7 Å². The molecule has 0 radical (unpaired) electrons. The fourth-order valence-electron chi connectivity index (χ4n) is 3.99. The van der Waals surface area contributed by atoms with E-state index in [2.05, 4.69) is 10.6 Å². The highest BCUT2D eigenvalue weighted by atomic mass is 32.1. The summed E-state index contributed by atoms with van der Waals surface area (Å²) in [4.78, 5) is 39.3. The van der Waals surface area contributed by atoms with Gasteiger partial charge in [-0.05, 0) is 73.7 Å². The van der Waals surface area contributed by atoms with Gasteiger partial charge in [0.15, 0.2) is 5.54 Å². The van der Waals surface area contributed by atoms with Crippen molar-refractivity contribution in [2.45, 2.75) is 40.2 Å². The van der Waals surface area contributed by atoms with E-state index in [1.807, 2.05) is 45.0 Å². The van der Waals surface area contributed by atoms with Crippen LogP contribution in [0.15, 0.2) is 42.5 Å². The van der Waals surface area contributed by atoms with Gasteiger partial charge in [-0.15, -0.1) is 11.3 Å². The Bertz CT molecular complexity index is 1290. The van der Waals surface area contributed by atoms with Crippen LogP contribution >= 0.6 is 11.3 Å². The number of methoxy groups -OCH3 is 1. The van der Waals surface area contributed by atoms with Gasteiger partial charge in [0.05, 0.1) is 17.7 Å². The number of hydrogen-bond donors (Lipinski definition) is 4. The number of carbonyl (C=O) groups is 3. The van der Waals surface area contributed by atoms with Gasteiger partial charge in [-0.1, -0.05) is 31.5 Å². The Kier molecular flexibility index (Phi) is 7.86. The summed E-state index contributed by atoms with van der Waals surface area (Å²) in [6.45, 7) is 8.92. The molecule has 0 aliphatic heterocycles. The number of carboxylic acid groups (broad SMARTS) is 1. The number of anilines is 2. The number of ether oxygens (including phenoxy) is 1. The lowest BCUT2D eigenvalue weighted by atomic mass is 9.82. The van der Waals surface area contributed by atoms with E-state index < -0.39 is 29.2 Å². The molecule has 0 unspecified atom stereocenters. The maximum Gasteiger partial charge on any atom is 0.332 e. The van der Waals surface area contributed by atoms with Crippen LogP contribution in [0.25, 0.3) is 10.4 Å². The molecule has 0 fully saturated rings. The number of hydrogen-bond acceptors (Lipinski definition) is 6. The van der Waals surface area contributed by atoms with Gasteiger partial charge in [-0.2, -0.15) is 0 Å². The number of Topliss-reactive ketones (excluding diaryl/α,β-unsaturated/α-hetero) is 1. The molecule has 0 bridgehead atoms. The van der Waals surface area contributed by atoms with Crippen LogP contribution in [0.1, 0.15) is 40.2 Å². The zero-order valence-electron chi connectivity index (χ0n) is 21.2. The van der Waals surface area contributed by atoms with Crippen LogP contribution in [0.4, 0.5) is 16.2 Å². The molecule has 1 aromatic heterocycles. The van der Waals surface area contributed by atoms with Gasteiger partial charge in [0.2, 0.25) is 5.78 Å². The van der Waals surface area contributed by atoms with E-state index >= 15 is 0 Å². The molecule has 0 aliphatic carbocycles. The van der Waals surface area contributed by atoms with Gasteiger partial charge in [-0.3, -0.25) is 4.79 Å². The van der Waals surface area contributed by atoms with Crippen LogP contribution in [0, 0.1) is 26.7 Å². The van der Waals surface area contributed by atoms with Gasteiger partial charge in [0, 0.05) is 10.6 Å². The molecule has 2 aromatic carbocycles. The minimum atomic E-state index is -2.15. The summed E-state index contributed by atoms with van der Waals surface area (Å²) in [7, 11) is 1.56. The van der Waals surface area contributed by atoms with Crippen LogP contribution in [-0.4, -0.2) is 35.5 Å². The van der Waals surface area contributed by atoms with Gasteiger partial charge in [-0.25, -0.2) is 9.59 Å². The highest BCUT2D eigenvalue weighted by Gasteiger charge is 2.47. The number of urea groups is 1. The molecule has 9 heteroatoms. The first-order chi connectivity index (χ1) is 16.9. The Balaban J connectivity index is 2.03. The zero-order chi connectivity index (χ0) is 26.8. The van der Waals surface area contributed by atoms with Crippen molar-refractivity contribution in [3.05, 3.63) is 64.0 Å². The van der Waals surface area contributed by atoms with Gasteiger partial charge in [0.25, 0.3) is 0 Å². The molecule has 3 aromatic rings. The van der Waals surface area contributed by atoms with Crippen LogP contribution < -0.4 is 21.1 Å². The quantitative estimate of drug-likeness (QED) is 0.230. The predicted octanol–water partition coefficient (Wildman–Crippen LogP) is 5.61. The summed E-state index contributed by atoms with van der Waals surface area (Å²) in [5.74, 6) is -2.22. The number of ketones is 1. The standard InChI is InChI=1S/C27H31N3O5S/c1-14(2)27(28,25(32)33)24(31)23-20(13-21(36-23)18-7-9-19(35-6)10-8-18)29-26(34)30-22-16(4)11-15(3)12-17(22)5/h7-14H,28H2,1-6H3,(H,32,33)(H2,29,30,34)/t27-/m0/s1. The second-order valence-corrected chi connectivity index (χ2v) is 10.1. The van der Waals surface area contributed by atoms with Crippen LogP contribution in [0.3, 0.4) is 0 Å². The summed E-state index contributed by atoms with van der Waals surface area (Å²) in [5.41, 5.74) is 8.48. The van der Waals surface area contributed by atoms with Crippen molar-refractivity contribution in [2.75, 3.05) is 17.7 Å². The minimum Gasteiger partial charge on any atom is -0.497 e. The number of carbonyl (C=O) groups excluding carboxylic acids is 2. The van der Waals surface area contributed by atoms with Crippen molar-refractivity contribution in [1.29, 1.82) is 0 Å². The highest BCUT2D eigenvalue weighted by Crippen LogP contribution is 2.38. The predicted molar refractivity (Wildman–Crippen MR) is 143 cm³/mol. The van der Waals surface area contributed by atoms with E-state index in [1.54, 1.807) is 39.2 Å². The maximum absolute atomic E-state index is 13.5. The van der Waals surface area contributed by atoms with E-state index in [-0.39, 0.29) is 10.6 Å². The molecule has 0 saturated carbocycles. The number of rotatable bonds is 8.